The van der Waals surface area contributed by atoms with Gasteiger partial charge in [0.1, 0.15) is 5.75 Å². The van der Waals surface area contributed by atoms with Crippen LogP contribution < -0.4 is 4.74 Å². The Morgan fingerprint density at radius 1 is 0.962 bits per heavy atom. The van der Waals surface area contributed by atoms with Crippen molar-refractivity contribution >= 4 is 10.8 Å². The highest BCUT2D eigenvalue weighted by Gasteiger charge is 2.21. The van der Waals surface area contributed by atoms with Crippen molar-refractivity contribution in [3.8, 4) is 5.75 Å². The smallest absolute Gasteiger partial charge is 0.197 e. The molecule has 0 saturated carbocycles. The lowest BCUT2D eigenvalue weighted by molar-refractivity contribution is -0.0603. The topological polar surface area (TPSA) is 35.5 Å². The summed E-state index contributed by atoms with van der Waals surface area (Å²) in [6.45, 7) is 11.2. The van der Waals surface area contributed by atoms with E-state index in [0.717, 1.165) is 10.6 Å². The van der Waals surface area contributed by atoms with Gasteiger partial charge in [-0.2, -0.15) is 0 Å². The summed E-state index contributed by atoms with van der Waals surface area (Å²) in [5.74, 6) is 1.71. The number of rotatable bonds is 8. The van der Waals surface area contributed by atoms with Crippen molar-refractivity contribution in [2.45, 2.75) is 51.7 Å². The van der Waals surface area contributed by atoms with Crippen molar-refractivity contribution in [3.63, 3.8) is 0 Å². The van der Waals surface area contributed by atoms with Gasteiger partial charge in [-0.15, -0.1) is 0 Å². The Morgan fingerprint density at radius 2 is 1.58 bits per heavy atom. The lowest BCUT2D eigenvalue weighted by Gasteiger charge is -2.27. The van der Waals surface area contributed by atoms with E-state index in [0.29, 0.717) is 18.3 Å². The molecule has 4 heteroatoms. The van der Waals surface area contributed by atoms with E-state index in [4.69, 9.17) is 9.47 Å². The fourth-order valence-electron chi connectivity index (χ4n) is 2.54. The van der Waals surface area contributed by atoms with Crippen LogP contribution in [-0.4, -0.2) is 22.9 Å². The maximum Gasteiger partial charge on any atom is 0.197 e. The largest absolute Gasteiger partial charge is 0.465 e. The zero-order valence-electron chi connectivity index (χ0n) is 16.4. The van der Waals surface area contributed by atoms with Gasteiger partial charge in [-0.05, 0) is 48.1 Å². The molecular formula is C22H30O3S. The van der Waals surface area contributed by atoms with Crippen LogP contribution in [0.1, 0.15) is 46.1 Å². The molecule has 0 amide bonds. The first-order valence-corrected chi connectivity index (χ1v) is 10.4. The Hall–Kier alpha value is -1.65. The van der Waals surface area contributed by atoms with Crippen LogP contribution in [-0.2, 0) is 15.5 Å². The quantitative estimate of drug-likeness (QED) is 0.582. The average Bonchev–Trinajstić information content (AvgIpc) is 2.61. The summed E-state index contributed by atoms with van der Waals surface area (Å²) >= 11 is 0. The zero-order chi connectivity index (χ0) is 19.2. The third kappa shape index (κ3) is 6.26. The fourth-order valence-corrected chi connectivity index (χ4v) is 3.48. The fraction of sp³-hybridized carbons (Fsp3) is 0.455. The van der Waals surface area contributed by atoms with Crippen molar-refractivity contribution in [2.75, 3.05) is 12.4 Å². The number of ether oxygens (including phenoxy) is 2. The SMILES string of the molecule is CC(OCCS(=O)c1ccccc1)Oc1ccc(C(C)C(C)(C)C)cc1. The standard InChI is InChI=1S/C22H30O3S/c1-17(22(3,4)5)19-11-13-20(14-12-19)25-18(2)24-15-16-26(23)21-9-7-6-8-10-21/h6-14,17-18H,15-16H2,1-5H3. The van der Waals surface area contributed by atoms with Gasteiger partial charge >= 0.3 is 0 Å². The maximum atomic E-state index is 12.2. The molecule has 0 radical (unpaired) electrons. The lowest BCUT2D eigenvalue weighted by Crippen LogP contribution is -2.19. The van der Waals surface area contributed by atoms with Gasteiger partial charge in [0.25, 0.3) is 0 Å². The highest BCUT2D eigenvalue weighted by Crippen LogP contribution is 2.34. The molecule has 142 valence electrons. The molecule has 2 aromatic rings. The molecule has 2 aromatic carbocycles. The molecule has 0 aliphatic rings. The van der Waals surface area contributed by atoms with Gasteiger partial charge in [0.05, 0.1) is 23.2 Å². The molecule has 0 saturated heterocycles. The third-order valence-electron chi connectivity index (χ3n) is 4.61. The van der Waals surface area contributed by atoms with Gasteiger partial charge in [-0.3, -0.25) is 4.21 Å². The van der Waals surface area contributed by atoms with E-state index in [9.17, 15) is 4.21 Å². The first-order valence-electron chi connectivity index (χ1n) is 9.09. The third-order valence-corrected chi connectivity index (χ3v) is 5.94. The second kappa shape index (κ2) is 9.33. The van der Waals surface area contributed by atoms with Crippen LogP contribution in [0.3, 0.4) is 0 Å². The molecule has 0 spiro atoms. The molecule has 0 bridgehead atoms. The summed E-state index contributed by atoms with van der Waals surface area (Å²) < 4.78 is 23.6. The van der Waals surface area contributed by atoms with E-state index in [1.54, 1.807) is 0 Å². The number of hydrogen-bond acceptors (Lipinski definition) is 3. The van der Waals surface area contributed by atoms with E-state index in [-0.39, 0.29) is 11.7 Å². The Morgan fingerprint density at radius 3 is 2.15 bits per heavy atom. The molecule has 3 nitrogen and oxygen atoms in total. The van der Waals surface area contributed by atoms with Gasteiger partial charge in [-0.1, -0.05) is 58.0 Å². The van der Waals surface area contributed by atoms with Crippen molar-refractivity contribution in [1.82, 2.24) is 0 Å². The predicted octanol–water partition coefficient (Wildman–Crippen LogP) is 5.39. The van der Waals surface area contributed by atoms with Crippen LogP contribution in [0.4, 0.5) is 0 Å². The number of benzene rings is 2. The minimum atomic E-state index is -1.04. The van der Waals surface area contributed by atoms with Gasteiger partial charge in [-0.25, -0.2) is 0 Å². The van der Waals surface area contributed by atoms with Crippen LogP contribution in [0.25, 0.3) is 0 Å². The summed E-state index contributed by atoms with van der Waals surface area (Å²) in [5, 5.41) is 0. The predicted molar refractivity (Wildman–Crippen MR) is 108 cm³/mol. The Labute approximate surface area is 160 Å². The lowest BCUT2D eigenvalue weighted by atomic mass is 9.78. The van der Waals surface area contributed by atoms with Gasteiger partial charge in [0.15, 0.2) is 6.29 Å². The summed E-state index contributed by atoms with van der Waals surface area (Å²) in [6.07, 6.45) is -0.381. The molecule has 3 unspecified atom stereocenters. The van der Waals surface area contributed by atoms with Crippen molar-refractivity contribution in [3.05, 3.63) is 60.2 Å². The van der Waals surface area contributed by atoms with Crippen molar-refractivity contribution < 1.29 is 13.7 Å². The van der Waals surface area contributed by atoms with Gasteiger partial charge in [0.2, 0.25) is 0 Å². The summed E-state index contributed by atoms with van der Waals surface area (Å²) in [7, 11) is -1.04. The first kappa shape index (κ1) is 20.7. The van der Waals surface area contributed by atoms with Crippen molar-refractivity contribution in [1.29, 1.82) is 0 Å². The minimum absolute atomic E-state index is 0.229. The van der Waals surface area contributed by atoms with Crippen molar-refractivity contribution in [2.24, 2.45) is 5.41 Å². The van der Waals surface area contributed by atoms with E-state index < -0.39 is 10.8 Å². The van der Waals surface area contributed by atoms with E-state index in [1.165, 1.54) is 5.56 Å². The van der Waals surface area contributed by atoms with E-state index >= 15 is 0 Å². The minimum Gasteiger partial charge on any atom is -0.465 e. The van der Waals surface area contributed by atoms with Crippen LogP contribution in [0.15, 0.2) is 59.5 Å². The molecule has 2 rings (SSSR count). The molecule has 0 aliphatic heterocycles. The second-order valence-corrected chi connectivity index (χ2v) is 9.15. The number of hydrogen-bond donors (Lipinski definition) is 0. The normalized spacial score (nSPS) is 15.3. The average molecular weight is 375 g/mol. The second-order valence-electron chi connectivity index (χ2n) is 7.58. The maximum absolute atomic E-state index is 12.2. The molecular weight excluding hydrogens is 344 g/mol. The monoisotopic (exact) mass is 374 g/mol. The van der Waals surface area contributed by atoms with Gasteiger partial charge in [0, 0.05) is 4.90 Å². The Kier molecular flexibility index (Phi) is 7.42. The zero-order valence-corrected chi connectivity index (χ0v) is 17.2. The van der Waals surface area contributed by atoms with Crippen LogP contribution in [0.2, 0.25) is 0 Å². The highest BCUT2D eigenvalue weighted by molar-refractivity contribution is 7.85. The summed E-state index contributed by atoms with van der Waals surface area (Å²) in [4.78, 5) is 0.827. The molecule has 0 N–H and O–H groups in total. The Bertz CT molecular complexity index is 690. The molecule has 0 aromatic heterocycles. The molecule has 26 heavy (non-hydrogen) atoms. The molecule has 0 aliphatic carbocycles. The van der Waals surface area contributed by atoms with Crippen LogP contribution in [0, 0.1) is 5.41 Å². The first-order chi connectivity index (χ1) is 12.3. The summed E-state index contributed by atoms with van der Waals surface area (Å²) in [5.41, 5.74) is 1.53. The van der Waals surface area contributed by atoms with Crippen LogP contribution >= 0.6 is 0 Å². The highest BCUT2D eigenvalue weighted by atomic mass is 32.2. The van der Waals surface area contributed by atoms with E-state index in [1.807, 2.05) is 49.4 Å². The molecule has 0 heterocycles. The van der Waals surface area contributed by atoms with Gasteiger partial charge < -0.3 is 9.47 Å². The molecule has 0 fully saturated rings. The Balaban J connectivity index is 1.79. The summed E-state index contributed by atoms with van der Waals surface area (Å²) in [6, 6.07) is 17.6. The molecule has 3 atom stereocenters. The van der Waals surface area contributed by atoms with Crippen LogP contribution in [0.5, 0.6) is 5.75 Å². The van der Waals surface area contributed by atoms with E-state index in [2.05, 4.69) is 39.8 Å².